The van der Waals surface area contributed by atoms with Gasteiger partial charge in [-0.1, -0.05) is 11.6 Å². The molecule has 0 radical (unpaired) electrons. The number of nitrogens with two attached hydrogens (primary N) is 2. The van der Waals surface area contributed by atoms with Gasteiger partial charge in [0.2, 0.25) is 0 Å². The molecule has 0 heterocycles. The molecule has 0 unspecified atom stereocenters. The Labute approximate surface area is 47.4 Å². The summed E-state index contributed by atoms with van der Waals surface area (Å²) in [6.07, 6.45) is 4.42. The zero-order chi connectivity index (χ0) is 5.70. The maximum absolute atomic E-state index is 5.19. The maximum Gasteiger partial charge on any atom is 0.0992 e. The zero-order valence-corrected chi connectivity index (χ0v) is 4.52. The van der Waals surface area contributed by atoms with Gasteiger partial charge in [0, 0.05) is 0 Å². The van der Waals surface area contributed by atoms with Crippen molar-refractivity contribution in [3.05, 3.63) is 23.5 Å². The van der Waals surface area contributed by atoms with E-state index in [0.29, 0.717) is 0 Å². The molecule has 2 nitrogen and oxygen atoms in total. The average molecular weight is 119 g/mol. The Morgan fingerprint density at radius 3 is 2.29 bits per heavy atom. The topological polar surface area (TPSA) is 52.0 Å². The van der Waals surface area contributed by atoms with Crippen molar-refractivity contribution in [2.45, 2.75) is 0 Å². The van der Waals surface area contributed by atoms with Gasteiger partial charge >= 0.3 is 0 Å². The SMILES string of the molecule is N/C=C\C=C(/N)Cl. The van der Waals surface area contributed by atoms with Crippen molar-refractivity contribution in [1.29, 1.82) is 0 Å². The Hall–Kier alpha value is -0.630. The molecule has 0 aromatic heterocycles. The molecule has 40 valence electrons. The normalized spacial score (nSPS) is 13.0. The third-order valence-electron chi connectivity index (χ3n) is 0.367. The molecule has 0 bridgehead atoms. The van der Waals surface area contributed by atoms with E-state index in [2.05, 4.69) is 0 Å². The largest absolute Gasteiger partial charge is 0.405 e. The molecule has 0 aliphatic carbocycles. The molecule has 0 aromatic rings. The van der Waals surface area contributed by atoms with Crippen LogP contribution >= 0.6 is 11.6 Å². The minimum Gasteiger partial charge on any atom is -0.405 e. The second-order valence-electron chi connectivity index (χ2n) is 0.936. The Morgan fingerprint density at radius 2 is 2.14 bits per heavy atom. The van der Waals surface area contributed by atoms with Gasteiger partial charge in [-0.2, -0.15) is 0 Å². The molecule has 0 aliphatic heterocycles. The molecular weight excluding hydrogens is 112 g/mol. The molecule has 0 fully saturated rings. The van der Waals surface area contributed by atoms with E-state index >= 15 is 0 Å². The third kappa shape index (κ3) is 5.37. The standard InChI is InChI=1S/C4H7ClN2/c5-4(7)2-1-3-6/h1-3H,6-7H2/b3-1-,4-2-. The van der Waals surface area contributed by atoms with Gasteiger partial charge in [0.1, 0.15) is 0 Å². The first-order chi connectivity index (χ1) is 3.27. The molecule has 0 saturated carbocycles. The predicted molar refractivity (Wildman–Crippen MR) is 31.5 cm³/mol. The van der Waals surface area contributed by atoms with Crippen molar-refractivity contribution in [3.63, 3.8) is 0 Å². The smallest absolute Gasteiger partial charge is 0.0992 e. The first-order valence-electron chi connectivity index (χ1n) is 1.77. The predicted octanol–water partition coefficient (Wildman–Crippen LogP) is 0.498. The summed E-state index contributed by atoms with van der Waals surface area (Å²) in [6.45, 7) is 0. The number of allylic oxidation sites excluding steroid dienone is 2. The van der Waals surface area contributed by atoms with Crippen LogP contribution in [0, 0.1) is 0 Å². The second kappa shape index (κ2) is 3.56. The lowest BCUT2D eigenvalue weighted by molar-refractivity contribution is 1.52. The van der Waals surface area contributed by atoms with E-state index in [1.54, 1.807) is 6.08 Å². The van der Waals surface area contributed by atoms with E-state index in [9.17, 15) is 0 Å². The highest BCUT2D eigenvalue weighted by atomic mass is 35.5. The summed E-state index contributed by atoms with van der Waals surface area (Å²) in [5.74, 6) is 0. The molecule has 4 N–H and O–H groups in total. The van der Waals surface area contributed by atoms with Crippen molar-refractivity contribution < 1.29 is 0 Å². The molecular formula is C4H7ClN2. The molecule has 0 amide bonds. The van der Waals surface area contributed by atoms with Gasteiger partial charge in [-0.05, 0) is 18.4 Å². The van der Waals surface area contributed by atoms with Gasteiger partial charge in [-0.25, -0.2) is 0 Å². The van der Waals surface area contributed by atoms with E-state index < -0.39 is 0 Å². The summed E-state index contributed by atoms with van der Waals surface area (Å²) in [6, 6.07) is 0. The van der Waals surface area contributed by atoms with E-state index in [0.717, 1.165) is 0 Å². The van der Waals surface area contributed by atoms with Crippen LogP contribution < -0.4 is 11.5 Å². The monoisotopic (exact) mass is 118 g/mol. The quantitative estimate of drug-likeness (QED) is 0.389. The van der Waals surface area contributed by atoms with Crippen LogP contribution in [0.3, 0.4) is 0 Å². The van der Waals surface area contributed by atoms with E-state index in [4.69, 9.17) is 23.1 Å². The van der Waals surface area contributed by atoms with Crippen LogP contribution in [0.15, 0.2) is 23.5 Å². The minimum atomic E-state index is 0.238. The number of hydrogen-bond acceptors (Lipinski definition) is 2. The van der Waals surface area contributed by atoms with Gasteiger partial charge in [0.15, 0.2) is 0 Å². The van der Waals surface area contributed by atoms with Crippen molar-refractivity contribution in [2.24, 2.45) is 11.5 Å². The highest BCUT2D eigenvalue weighted by Gasteiger charge is 1.69. The molecule has 0 aliphatic rings. The van der Waals surface area contributed by atoms with Crippen LogP contribution in [0.1, 0.15) is 0 Å². The molecule has 0 saturated heterocycles. The number of hydrogen-bond donors (Lipinski definition) is 2. The highest BCUT2D eigenvalue weighted by Crippen LogP contribution is 1.87. The van der Waals surface area contributed by atoms with Gasteiger partial charge in [0.05, 0.1) is 5.16 Å². The van der Waals surface area contributed by atoms with Crippen molar-refractivity contribution in [3.8, 4) is 0 Å². The molecule has 0 atom stereocenters. The van der Waals surface area contributed by atoms with Gasteiger partial charge in [0.25, 0.3) is 0 Å². The second-order valence-corrected chi connectivity index (χ2v) is 1.37. The summed E-state index contributed by atoms with van der Waals surface area (Å²) in [4.78, 5) is 0. The zero-order valence-electron chi connectivity index (χ0n) is 3.76. The fourth-order valence-electron chi connectivity index (χ4n) is 0.147. The molecule has 0 aromatic carbocycles. The van der Waals surface area contributed by atoms with Crippen molar-refractivity contribution in [2.75, 3.05) is 0 Å². The Kier molecular flexibility index (Phi) is 3.24. The Bertz CT molecular complexity index is 91.9. The van der Waals surface area contributed by atoms with Crippen LogP contribution in [0.5, 0.6) is 0 Å². The van der Waals surface area contributed by atoms with Crippen LogP contribution in [0.4, 0.5) is 0 Å². The number of halogens is 1. The van der Waals surface area contributed by atoms with Crippen molar-refractivity contribution >= 4 is 11.6 Å². The highest BCUT2D eigenvalue weighted by molar-refractivity contribution is 6.29. The fraction of sp³-hybridized carbons (Fsp3) is 0. The lowest BCUT2D eigenvalue weighted by Crippen LogP contribution is -1.84. The van der Waals surface area contributed by atoms with E-state index in [1.807, 2.05) is 0 Å². The molecule has 3 heteroatoms. The van der Waals surface area contributed by atoms with Crippen LogP contribution in [0.25, 0.3) is 0 Å². The molecule has 0 spiro atoms. The van der Waals surface area contributed by atoms with Gasteiger partial charge in [-0.3, -0.25) is 0 Å². The van der Waals surface area contributed by atoms with Crippen LogP contribution in [-0.2, 0) is 0 Å². The third-order valence-corrected chi connectivity index (χ3v) is 0.493. The fourth-order valence-corrected chi connectivity index (χ4v) is 0.220. The average Bonchev–Trinajstić information content (AvgIpc) is 1.61. The maximum atomic E-state index is 5.19. The first-order valence-corrected chi connectivity index (χ1v) is 2.14. The lowest BCUT2D eigenvalue weighted by Gasteiger charge is -1.76. The summed E-state index contributed by atoms with van der Waals surface area (Å²) in [7, 11) is 0. The lowest BCUT2D eigenvalue weighted by atomic mass is 10.6. The van der Waals surface area contributed by atoms with E-state index in [-0.39, 0.29) is 5.16 Å². The van der Waals surface area contributed by atoms with E-state index in [1.165, 1.54) is 12.3 Å². The Morgan fingerprint density at radius 1 is 1.57 bits per heavy atom. The van der Waals surface area contributed by atoms with Gasteiger partial charge < -0.3 is 11.5 Å². The Balaban J connectivity index is 3.46. The molecule has 0 rings (SSSR count). The molecule has 7 heavy (non-hydrogen) atoms. The minimum absolute atomic E-state index is 0.238. The summed E-state index contributed by atoms with van der Waals surface area (Å²) < 4.78 is 0. The van der Waals surface area contributed by atoms with Crippen LogP contribution in [0.2, 0.25) is 0 Å². The van der Waals surface area contributed by atoms with Gasteiger partial charge in [-0.15, -0.1) is 0 Å². The number of rotatable bonds is 1. The van der Waals surface area contributed by atoms with Crippen molar-refractivity contribution in [1.82, 2.24) is 0 Å². The van der Waals surface area contributed by atoms with Crippen LogP contribution in [-0.4, -0.2) is 0 Å². The summed E-state index contributed by atoms with van der Waals surface area (Å²) in [5.41, 5.74) is 9.94. The summed E-state index contributed by atoms with van der Waals surface area (Å²) in [5, 5.41) is 0.238. The first kappa shape index (κ1) is 6.37. The summed E-state index contributed by atoms with van der Waals surface area (Å²) >= 11 is 5.19.